The van der Waals surface area contributed by atoms with E-state index in [4.69, 9.17) is 0 Å². The Morgan fingerprint density at radius 1 is 1.27 bits per heavy atom. The van der Waals surface area contributed by atoms with E-state index in [9.17, 15) is 0 Å². The highest BCUT2D eigenvalue weighted by molar-refractivity contribution is 5.91. The molecule has 0 radical (unpaired) electrons. The van der Waals surface area contributed by atoms with Crippen LogP contribution in [0, 0.1) is 0 Å². The van der Waals surface area contributed by atoms with Gasteiger partial charge in [0.05, 0.1) is 5.52 Å². The summed E-state index contributed by atoms with van der Waals surface area (Å²) >= 11 is 0. The SMILES string of the molecule is CCNc1cccc2ncc(CC)cc12. The van der Waals surface area contributed by atoms with Crippen LogP contribution in [0.5, 0.6) is 0 Å². The van der Waals surface area contributed by atoms with E-state index in [0.29, 0.717) is 0 Å². The largest absolute Gasteiger partial charge is 0.385 e. The van der Waals surface area contributed by atoms with Crippen LogP contribution in [0.3, 0.4) is 0 Å². The van der Waals surface area contributed by atoms with Crippen LogP contribution in [0.15, 0.2) is 30.5 Å². The monoisotopic (exact) mass is 200 g/mol. The Labute approximate surface area is 90.3 Å². The molecule has 2 aromatic rings. The van der Waals surface area contributed by atoms with Crippen molar-refractivity contribution in [2.75, 3.05) is 11.9 Å². The standard InChI is InChI=1S/C13H16N2/c1-3-10-8-11-12(14-4-2)6-5-7-13(11)15-9-10/h5-9,14H,3-4H2,1-2H3. The van der Waals surface area contributed by atoms with Crippen molar-refractivity contribution in [3.8, 4) is 0 Å². The molecule has 2 nitrogen and oxygen atoms in total. The molecule has 0 unspecified atom stereocenters. The van der Waals surface area contributed by atoms with Gasteiger partial charge in [0.2, 0.25) is 0 Å². The second-order valence-electron chi connectivity index (χ2n) is 3.60. The van der Waals surface area contributed by atoms with E-state index in [2.05, 4.69) is 42.3 Å². The van der Waals surface area contributed by atoms with Gasteiger partial charge in [-0.05, 0) is 37.1 Å². The maximum atomic E-state index is 4.45. The lowest BCUT2D eigenvalue weighted by molar-refractivity contribution is 1.12. The van der Waals surface area contributed by atoms with Gasteiger partial charge in [0.25, 0.3) is 0 Å². The maximum absolute atomic E-state index is 4.45. The normalized spacial score (nSPS) is 10.5. The van der Waals surface area contributed by atoms with Gasteiger partial charge in [-0.1, -0.05) is 13.0 Å². The van der Waals surface area contributed by atoms with Gasteiger partial charge in [0.1, 0.15) is 0 Å². The summed E-state index contributed by atoms with van der Waals surface area (Å²) in [7, 11) is 0. The first-order valence-electron chi connectivity index (χ1n) is 5.46. The minimum Gasteiger partial charge on any atom is -0.385 e. The van der Waals surface area contributed by atoms with Gasteiger partial charge < -0.3 is 5.32 Å². The zero-order chi connectivity index (χ0) is 10.7. The Balaban J connectivity index is 2.59. The Morgan fingerprint density at radius 3 is 2.87 bits per heavy atom. The number of hydrogen-bond donors (Lipinski definition) is 1. The molecule has 15 heavy (non-hydrogen) atoms. The van der Waals surface area contributed by atoms with Crippen LogP contribution in [0.25, 0.3) is 10.9 Å². The Bertz CT molecular complexity index is 463. The number of anilines is 1. The third kappa shape index (κ3) is 1.94. The fourth-order valence-electron chi connectivity index (χ4n) is 1.73. The lowest BCUT2D eigenvalue weighted by atomic mass is 10.1. The quantitative estimate of drug-likeness (QED) is 0.822. The molecule has 0 aliphatic heterocycles. The first-order valence-corrected chi connectivity index (χ1v) is 5.46. The van der Waals surface area contributed by atoms with Gasteiger partial charge in [0.15, 0.2) is 0 Å². The van der Waals surface area contributed by atoms with E-state index >= 15 is 0 Å². The van der Waals surface area contributed by atoms with Crippen molar-refractivity contribution in [1.29, 1.82) is 0 Å². The lowest BCUT2D eigenvalue weighted by Crippen LogP contribution is -1.97. The van der Waals surface area contributed by atoms with Gasteiger partial charge in [0, 0.05) is 23.8 Å². The predicted molar refractivity (Wildman–Crippen MR) is 65.3 cm³/mol. The number of hydrogen-bond acceptors (Lipinski definition) is 2. The first kappa shape index (κ1) is 9.97. The summed E-state index contributed by atoms with van der Waals surface area (Å²) < 4.78 is 0. The second kappa shape index (κ2) is 4.30. The highest BCUT2D eigenvalue weighted by Crippen LogP contribution is 2.22. The fourth-order valence-corrected chi connectivity index (χ4v) is 1.73. The smallest absolute Gasteiger partial charge is 0.0722 e. The highest BCUT2D eigenvalue weighted by Gasteiger charge is 2.01. The summed E-state index contributed by atoms with van der Waals surface area (Å²) in [4.78, 5) is 4.45. The molecule has 0 aliphatic carbocycles. The summed E-state index contributed by atoms with van der Waals surface area (Å²) in [5.41, 5.74) is 3.52. The minimum atomic E-state index is 0.940. The Hall–Kier alpha value is -1.57. The van der Waals surface area contributed by atoms with Gasteiger partial charge in [-0.25, -0.2) is 0 Å². The highest BCUT2D eigenvalue weighted by atomic mass is 14.9. The molecule has 0 bridgehead atoms. The Kier molecular flexibility index (Phi) is 2.86. The molecule has 1 N–H and O–H groups in total. The molecule has 1 aromatic heterocycles. The summed E-state index contributed by atoms with van der Waals surface area (Å²) in [5, 5.41) is 4.58. The van der Waals surface area contributed by atoms with Gasteiger partial charge in [-0.3, -0.25) is 4.98 Å². The minimum absolute atomic E-state index is 0.940. The van der Waals surface area contributed by atoms with Crippen molar-refractivity contribution in [2.45, 2.75) is 20.3 Å². The summed E-state index contributed by atoms with van der Waals surface area (Å²) in [6.45, 7) is 5.20. The van der Waals surface area contributed by atoms with Gasteiger partial charge in [-0.2, -0.15) is 0 Å². The molecular formula is C13H16N2. The Morgan fingerprint density at radius 2 is 2.13 bits per heavy atom. The van der Waals surface area contributed by atoms with Crippen LogP contribution in [0.2, 0.25) is 0 Å². The van der Waals surface area contributed by atoms with E-state index in [1.165, 1.54) is 16.6 Å². The number of aryl methyl sites for hydroxylation is 1. The number of rotatable bonds is 3. The van der Waals surface area contributed by atoms with E-state index < -0.39 is 0 Å². The van der Waals surface area contributed by atoms with Crippen molar-refractivity contribution in [3.63, 3.8) is 0 Å². The van der Waals surface area contributed by atoms with Crippen LogP contribution >= 0.6 is 0 Å². The number of pyridine rings is 1. The van der Waals surface area contributed by atoms with Crippen LogP contribution in [0.4, 0.5) is 5.69 Å². The van der Waals surface area contributed by atoms with Crippen molar-refractivity contribution < 1.29 is 0 Å². The number of benzene rings is 1. The molecule has 0 fully saturated rings. The van der Waals surface area contributed by atoms with Crippen LogP contribution in [0.1, 0.15) is 19.4 Å². The molecule has 0 saturated carbocycles. The van der Waals surface area contributed by atoms with E-state index in [0.717, 1.165) is 18.5 Å². The average Bonchev–Trinajstić information content (AvgIpc) is 2.29. The predicted octanol–water partition coefficient (Wildman–Crippen LogP) is 3.23. The molecule has 0 spiro atoms. The first-order chi connectivity index (χ1) is 7.35. The number of nitrogens with zero attached hydrogens (tertiary/aromatic N) is 1. The second-order valence-corrected chi connectivity index (χ2v) is 3.60. The number of aromatic nitrogens is 1. The van der Waals surface area contributed by atoms with Gasteiger partial charge >= 0.3 is 0 Å². The third-order valence-corrected chi connectivity index (χ3v) is 2.56. The molecule has 2 rings (SSSR count). The number of fused-ring (bicyclic) bond motifs is 1. The topological polar surface area (TPSA) is 24.9 Å². The van der Waals surface area contributed by atoms with Crippen LogP contribution < -0.4 is 5.32 Å². The zero-order valence-corrected chi connectivity index (χ0v) is 9.25. The lowest BCUT2D eigenvalue weighted by Gasteiger charge is -2.08. The van der Waals surface area contributed by atoms with E-state index in [1.54, 1.807) is 0 Å². The maximum Gasteiger partial charge on any atom is 0.0722 e. The molecule has 0 atom stereocenters. The van der Waals surface area contributed by atoms with Crippen LogP contribution in [-0.4, -0.2) is 11.5 Å². The molecule has 0 saturated heterocycles. The summed E-state index contributed by atoms with van der Waals surface area (Å²) in [6, 6.07) is 8.42. The molecular weight excluding hydrogens is 184 g/mol. The molecule has 0 amide bonds. The summed E-state index contributed by atoms with van der Waals surface area (Å²) in [6.07, 6.45) is 2.99. The molecule has 78 valence electrons. The van der Waals surface area contributed by atoms with Crippen LogP contribution in [-0.2, 0) is 6.42 Å². The van der Waals surface area contributed by atoms with Gasteiger partial charge in [-0.15, -0.1) is 0 Å². The van der Waals surface area contributed by atoms with E-state index in [-0.39, 0.29) is 0 Å². The summed E-state index contributed by atoms with van der Waals surface area (Å²) in [5.74, 6) is 0. The van der Waals surface area contributed by atoms with Crippen molar-refractivity contribution in [1.82, 2.24) is 4.98 Å². The van der Waals surface area contributed by atoms with Crippen molar-refractivity contribution in [3.05, 3.63) is 36.0 Å². The third-order valence-electron chi connectivity index (χ3n) is 2.56. The van der Waals surface area contributed by atoms with Crippen molar-refractivity contribution >= 4 is 16.6 Å². The average molecular weight is 200 g/mol. The number of nitrogens with one attached hydrogen (secondary N) is 1. The zero-order valence-electron chi connectivity index (χ0n) is 9.25. The van der Waals surface area contributed by atoms with E-state index in [1.807, 2.05) is 12.3 Å². The molecule has 1 aromatic carbocycles. The molecule has 2 heteroatoms. The molecule has 1 heterocycles. The van der Waals surface area contributed by atoms with Crippen molar-refractivity contribution in [2.24, 2.45) is 0 Å². The molecule has 0 aliphatic rings. The fraction of sp³-hybridized carbons (Fsp3) is 0.308.